The highest BCUT2D eigenvalue weighted by Gasteiger charge is 2.21. The molecule has 1 aliphatic heterocycles. The second kappa shape index (κ2) is 7.16. The first-order valence-corrected chi connectivity index (χ1v) is 8.58. The van der Waals surface area contributed by atoms with Gasteiger partial charge in [-0.1, -0.05) is 24.3 Å². The zero-order valence-corrected chi connectivity index (χ0v) is 13.7. The molecule has 1 saturated heterocycles. The summed E-state index contributed by atoms with van der Waals surface area (Å²) >= 11 is 0. The van der Waals surface area contributed by atoms with Gasteiger partial charge in [0.2, 0.25) is 0 Å². The molecular formula is C20H22N2O2. The number of para-hydroxylation sites is 1. The van der Waals surface area contributed by atoms with Crippen molar-refractivity contribution in [2.75, 3.05) is 13.1 Å². The molecule has 4 heteroatoms. The Morgan fingerprint density at radius 2 is 2.08 bits per heavy atom. The fourth-order valence-corrected chi connectivity index (χ4v) is 3.31. The lowest BCUT2D eigenvalue weighted by atomic mass is 10.1. The summed E-state index contributed by atoms with van der Waals surface area (Å²) in [6.45, 7) is 3.48. The fraction of sp³-hybridized carbons (Fsp3) is 0.350. The molecule has 4 rings (SSSR count). The van der Waals surface area contributed by atoms with Gasteiger partial charge in [0.1, 0.15) is 11.3 Å². The summed E-state index contributed by atoms with van der Waals surface area (Å²) in [5.74, 6) is 1.03. The average Bonchev–Trinajstić information content (AvgIpc) is 3.03. The molecule has 0 aliphatic carbocycles. The van der Waals surface area contributed by atoms with E-state index in [-0.39, 0.29) is 6.10 Å². The monoisotopic (exact) mass is 322 g/mol. The lowest BCUT2D eigenvalue weighted by Crippen LogP contribution is -2.39. The van der Waals surface area contributed by atoms with Crippen LogP contribution in [-0.4, -0.2) is 29.1 Å². The average molecular weight is 322 g/mol. The van der Waals surface area contributed by atoms with E-state index < -0.39 is 0 Å². The second-order valence-electron chi connectivity index (χ2n) is 6.38. The molecule has 1 fully saturated rings. The first-order valence-electron chi connectivity index (χ1n) is 8.58. The molecule has 0 amide bonds. The van der Waals surface area contributed by atoms with Crippen LogP contribution < -0.4 is 0 Å². The van der Waals surface area contributed by atoms with Gasteiger partial charge in [-0.2, -0.15) is 0 Å². The van der Waals surface area contributed by atoms with E-state index in [1.165, 1.54) is 5.39 Å². The normalized spacial score (nSPS) is 18.9. The Balaban J connectivity index is 1.34. The molecule has 0 saturated carbocycles. The van der Waals surface area contributed by atoms with E-state index >= 15 is 0 Å². The Labute approximate surface area is 142 Å². The molecule has 0 spiro atoms. The number of benzene rings is 1. The number of hydrogen-bond acceptors (Lipinski definition) is 4. The lowest BCUT2D eigenvalue weighted by molar-refractivity contribution is -0.0145. The van der Waals surface area contributed by atoms with Crippen LogP contribution >= 0.6 is 0 Å². The zero-order chi connectivity index (χ0) is 16.2. The number of nitrogens with zero attached hydrogens (tertiary/aromatic N) is 2. The van der Waals surface area contributed by atoms with Crippen LogP contribution in [-0.2, 0) is 17.9 Å². The van der Waals surface area contributed by atoms with E-state index in [1.54, 1.807) is 0 Å². The SMILES string of the molecule is c1ccc(COC2CCCN(Cc3cc4ccccc4o3)C2)nc1. The molecule has 0 radical (unpaired) electrons. The highest BCUT2D eigenvalue weighted by Crippen LogP contribution is 2.22. The minimum absolute atomic E-state index is 0.269. The molecule has 1 unspecified atom stereocenters. The molecular weight excluding hydrogens is 300 g/mol. The van der Waals surface area contributed by atoms with E-state index in [4.69, 9.17) is 9.15 Å². The van der Waals surface area contributed by atoms with Gasteiger partial charge in [-0.05, 0) is 43.7 Å². The van der Waals surface area contributed by atoms with Crippen LogP contribution in [0.3, 0.4) is 0 Å². The van der Waals surface area contributed by atoms with Crippen molar-refractivity contribution in [2.24, 2.45) is 0 Å². The summed E-state index contributed by atoms with van der Waals surface area (Å²) in [5.41, 5.74) is 1.96. The summed E-state index contributed by atoms with van der Waals surface area (Å²) in [6.07, 6.45) is 4.36. The van der Waals surface area contributed by atoms with Crippen molar-refractivity contribution in [3.05, 3.63) is 66.2 Å². The molecule has 1 atom stereocenters. The number of hydrogen-bond donors (Lipinski definition) is 0. The van der Waals surface area contributed by atoms with Gasteiger partial charge in [-0.3, -0.25) is 9.88 Å². The third kappa shape index (κ3) is 3.66. The number of ether oxygens (including phenoxy) is 1. The number of rotatable bonds is 5. The second-order valence-corrected chi connectivity index (χ2v) is 6.38. The molecule has 0 bridgehead atoms. The van der Waals surface area contributed by atoms with Crippen LogP contribution in [0, 0.1) is 0 Å². The first-order chi connectivity index (χ1) is 11.9. The summed E-state index contributed by atoms with van der Waals surface area (Å²) in [4.78, 5) is 6.74. The van der Waals surface area contributed by atoms with Gasteiger partial charge in [-0.25, -0.2) is 0 Å². The molecule has 24 heavy (non-hydrogen) atoms. The summed E-state index contributed by atoms with van der Waals surface area (Å²) in [6, 6.07) is 16.3. The molecule has 4 nitrogen and oxygen atoms in total. The van der Waals surface area contributed by atoms with Gasteiger partial charge >= 0.3 is 0 Å². The predicted octanol–water partition coefficient (Wildman–Crippen LogP) is 4.01. The molecule has 1 aromatic carbocycles. The molecule has 1 aliphatic rings. The van der Waals surface area contributed by atoms with E-state index in [9.17, 15) is 0 Å². The maximum absolute atomic E-state index is 6.06. The number of likely N-dealkylation sites (tertiary alicyclic amines) is 1. The Bertz CT molecular complexity index is 751. The molecule has 3 aromatic rings. The Kier molecular flexibility index (Phi) is 4.58. The van der Waals surface area contributed by atoms with Gasteiger partial charge in [0.15, 0.2) is 0 Å². The highest BCUT2D eigenvalue weighted by molar-refractivity contribution is 5.77. The third-order valence-electron chi connectivity index (χ3n) is 4.51. The van der Waals surface area contributed by atoms with Crippen LogP contribution in [0.5, 0.6) is 0 Å². The molecule has 2 aromatic heterocycles. The van der Waals surface area contributed by atoms with E-state index in [0.29, 0.717) is 6.61 Å². The summed E-state index contributed by atoms with van der Waals surface area (Å²) in [7, 11) is 0. The molecule has 3 heterocycles. The first kappa shape index (κ1) is 15.4. The van der Waals surface area contributed by atoms with Crippen molar-refractivity contribution in [3.63, 3.8) is 0 Å². The Morgan fingerprint density at radius 3 is 2.96 bits per heavy atom. The van der Waals surface area contributed by atoms with E-state index in [0.717, 1.165) is 49.5 Å². The van der Waals surface area contributed by atoms with Gasteiger partial charge < -0.3 is 9.15 Å². The Morgan fingerprint density at radius 1 is 1.17 bits per heavy atom. The van der Waals surface area contributed by atoms with Crippen molar-refractivity contribution in [1.82, 2.24) is 9.88 Å². The summed E-state index contributed by atoms with van der Waals surface area (Å²) in [5, 5.41) is 1.17. The van der Waals surface area contributed by atoms with Gasteiger partial charge in [0, 0.05) is 18.1 Å². The van der Waals surface area contributed by atoms with Crippen molar-refractivity contribution < 1.29 is 9.15 Å². The van der Waals surface area contributed by atoms with Gasteiger partial charge in [0.05, 0.1) is 24.9 Å². The van der Waals surface area contributed by atoms with Crippen molar-refractivity contribution in [2.45, 2.75) is 32.1 Å². The van der Waals surface area contributed by atoms with Crippen LogP contribution in [0.15, 0.2) is 59.1 Å². The summed E-state index contributed by atoms with van der Waals surface area (Å²) < 4.78 is 12.0. The van der Waals surface area contributed by atoms with Crippen LogP contribution in [0.2, 0.25) is 0 Å². The number of aromatic nitrogens is 1. The standard InChI is InChI=1S/C20H22N2O2/c1-2-9-20-16(6-1)12-19(24-20)14-22-11-5-8-18(13-22)23-15-17-7-3-4-10-21-17/h1-4,6-7,9-10,12,18H,5,8,11,13-15H2. The van der Waals surface area contributed by atoms with Crippen molar-refractivity contribution in [1.29, 1.82) is 0 Å². The van der Waals surface area contributed by atoms with Crippen molar-refractivity contribution >= 4 is 11.0 Å². The fourth-order valence-electron chi connectivity index (χ4n) is 3.31. The van der Waals surface area contributed by atoms with Crippen LogP contribution in [0.1, 0.15) is 24.3 Å². The minimum Gasteiger partial charge on any atom is -0.460 e. The maximum atomic E-state index is 6.06. The number of fused-ring (bicyclic) bond motifs is 1. The third-order valence-corrected chi connectivity index (χ3v) is 4.51. The quantitative estimate of drug-likeness (QED) is 0.711. The smallest absolute Gasteiger partial charge is 0.134 e. The van der Waals surface area contributed by atoms with Crippen LogP contribution in [0.25, 0.3) is 11.0 Å². The molecule has 0 N–H and O–H groups in total. The topological polar surface area (TPSA) is 38.5 Å². The molecule has 124 valence electrons. The van der Waals surface area contributed by atoms with Crippen molar-refractivity contribution in [3.8, 4) is 0 Å². The van der Waals surface area contributed by atoms with Gasteiger partial charge in [-0.15, -0.1) is 0 Å². The van der Waals surface area contributed by atoms with E-state index in [2.05, 4.69) is 22.0 Å². The van der Waals surface area contributed by atoms with Crippen LogP contribution in [0.4, 0.5) is 0 Å². The minimum atomic E-state index is 0.269. The lowest BCUT2D eigenvalue weighted by Gasteiger charge is -2.31. The highest BCUT2D eigenvalue weighted by atomic mass is 16.5. The number of furan rings is 1. The number of piperidine rings is 1. The van der Waals surface area contributed by atoms with Gasteiger partial charge in [0.25, 0.3) is 0 Å². The van der Waals surface area contributed by atoms with E-state index in [1.807, 2.05) is 42.6 Å². The number of pyridine rings is 1. The largest absolute Gasteiger partial charge is 0.460 e. The zero-order valence-electron chi connectivity index (χ0n) is 13.7. The predicted molar refractivity (Wildman–Crippen MR) is 93.5 cm³/mol. The maximum Gasteiger partial charge on any atom is 0.134 e. The Hall–Kier alpha value is -2.17.